The van der Waals surface area contributed by atoms with Crippen LogP contribution in [-0.4, -0.2) is 24.7 Å². The number of halogens is 2. The van der Waals surface area contributed by atoms with E-state index in [4.69, 9.17) is 10.5 Å². The van der Waals surface area contributed by atoms with Gasteiger partial charge in [0.2, 0.25) is 5.91 Å². The summed E-state index contributed by atoms with van der Waals surface area (Å²) in [5.41, 5.74) is 6.42. The summed E-state index contributed by atoms with van der Waals surface area (Å²) in [5.74, 6) is -0.0942. The van der Waals surface area contributed by atoms with Crippen LogP contribution in [0.1, 0.15) is 31.4 Å². The van der Waals surface area contributed by atoms with Gasteiger partial charge in [-0.1, -0.05) is 28.1 Å². The van der Waals surface area contributed by atoms with Crippen molar-refractivity contribution in [3.05, 3.63) is 34.3 Å². The predicted octanol–water partition coefficient (Wildman–Crippen LogP) is 2.56. The second kappa shape index (κ2) is 7.41. The molecule has 1 aliphatic rings. The first-order chi connectivity index (χ1) is 9.01. The zero-order valence-corrected chi connectivity index (χ0v) is 13.8. The van der Waals surface area contributed by atoms with Gasteiger partial charge in [0.05, 0.1) is 11.6 Å². The number of carbonyl (C=O) groups excluding carboxylic acids is 1. The molecule has 1 fully saturated rings. The molecule has 0 aromatic heterocycles. The first kappa shape index (κ1) is 17.4. The van der Waals surface area contributed by atoms with Crippen LogP contribution < -0.4 is 11.1 Å². The molecule has 1 aliphatic heterocycles. The number of amides is 1. The molecule has 1 aromatic rings. The van der Waals surface area contributed by atoms with Crippen LogP contribution in [0.2, 0.25) is 0 Å². The van der Waals surface area contributed by atoms with Crippen molar-refractivity contribution in [2.75, 3.05) is 13.2 Å². The van der Waals surface area contributed by atoms with Crippen LogP contribution in [0.3, 0.4) is 0 Å². The van der Waals surface area contributed by atoms with E-state index in [9.17, 15) is 4.79 Å². The maximum atomic E-state index is 12.3. The Morgan fingerprint density at radius 3 is 2.70 bits per heavy atom. The average Bonchev–Trinajstić information content (AvgIpc) is 2.39. The molecular formula is C14H20BrClN2O2. The van der Waals surface area contributed by atoms with Crippen LogP contribution in [0.25, 0.3) is 0 Å². The molecular weight excluding hydrogens is 344 g/mol. The summed E-state index contributed by atoms with van der Waals surface area (Å²) in [6.07, 6.45) is 1.15. The molecule has 1 atom stereocenters. The highest BCUT2D eigenvalue weighted by Gasteiger charge is 2.36. The maximum Gasteiger partial charge on any atom is 0.240 e. The molecule has 0 saturated carbocycles. The quantitative estimate of drug-likeness (QED) is 0.867. The molecule has 0 spiro atoms. The number of benzene rings is 1. The maximum absolute atomic E-state index is 12.3. The van der Waals surface area contributed by atoms with E-state index in [0.29, 0.717) is 26.1 Å². The third kappa shape index (κ3) is 4.19. The predicted molar refractivity (Wildman–Crippen MR) is 84.9 cm³/mol. The van der Waals surface area contributed by atoms with Crippen molar-refractivity contribution in [3.63, 3.8) is 0 Å². The zero-order chi connectivity index (χ0) is 13.9. The van der Waals surface area contributed by atoms with E-state index < -0.39 is 5.54 Å². The van der Waals surface area contributed by atoms with Gasteiger partial charge in [-0.3, -0.25) is 4.79 Å². The van der Waals surface area contributed by atoms with Gasteiger partial charge in [0, 0.05) is 17.7 Å². The second-order valence-corrected chi connectivity index (χ2v) is 5.93. The molecule has 6 heteroatoms. The lowest BCUT2D eigenvalue weighted by atomic mass is 9.90. The van der Waals surface area contributed by atoms with Gasteiger partial charge < -0.3 is 15.8 Å². The normalized spacial score (nSPS) is 18.8. The summed E-state index contributed by atoms with van der Waals surface area (Å²) < 4.78 is 6.25. The van der Waals surface area contributed by atoms with Crippen LogP contribution >= 0.6 is 28.3 Å². The highest BCUT2D eigenvalue weighted by atomic mass is 79.9. The summed E-state index contributed by atoms with van der Waals surface area (Å²) in [6.45, 7) is 3.06. The first-order valence-corrected chi connectivity index (χ1v) is 7.24. The molecule has 1 unspecified atom stereocenters. The van der Waals surface area contributed by atoms with E-state index in [1.54, 1.807) is 0 Å². The monoisotopic (exact) mass is 362 g/mol. The molecule has 112 valence electrons. The molecule has 20 heavy (non-hydrogen) atoms. The van der Waals surface area contributed by atoms with Gasteiger partial charge in [-0.2, -0.15) is 0 Å². The fourth-order valence-electron chi connectivity index (χ4n) is 2.16. The van der Waals surface area contributed by atoms with E-state index in [1.807, 2.05) is 31.2 Å². The highest BCUT2D eigenvalue weighted by molar-refractivity contribution is 9.10. The lowest BCUT2D eigenvalue weighted by Gasteiger charge is -2.33. The van der Waals surface area contributed by atoms with Gasteiger partial charge in [0.25, 0.3) is 0 Å². The number of hydrogen-bond acceptors (Lipinski definition) is 3. The summed E-state index contributed by atoms with van der Waals surface area (Å²) in [7, 11) is 0. The minimum Gasteiger partial charge on any atom is -0.381 e. The van der Waals surface area contributed by atoms with Gasteiger partial charge >= 0.3 is 0 Å². The van der Waals surface area contributed by atoms with Gasteiger partial charge in [0.1, 0.15) is 0 Å². The van der Waals surface area contributed by atoms with Crippen LogP contribution in [0.5, 0.6) is 0 Å². The van der Waals surface area contributed by atoms with Gasteiger partial charge in [-0.25, -0.2) is 0 Å². The van der Waals surface area contributed by atoms with E-state index in [-0.39, 0.29) is 24.4 Å². The topological polar surface area (TPSA) is 64.4 Å². The Kier molecular flexibility index (Phi) is 6.45. The average molecular weight is 364 g/mol. The van der Waals surface area contributed by atoms with Crippen molar-refractivity contribution in [1.29, 1.82) is 0 Å². The summed E-state index contributed by atoms with van der Waals surface area (Å²) in [4.78, 5) is 12.3. The number of rotatable bonds is 3. The fourth-order valence-corrected chi connectivity index (χ4v) is 2.58. The Balaban J connectivity index is 0.00000200. The number of hydrogen-bond donors (Lipinski definition) is 2. The van der Waals surface area contributed by atoms with Gasteiger partial charge in [-0.15, -0.1) is 12.4 Å². The van der Waals surface area contributed by atoms with Crippen LogP contribution in [0, 0.1) is 0 Å². The fraction of sp³-hybridized carbons (Fsp3) is 0.500. The lowest BCUT2D eigenvalue weighted by molar-refractivity contribution is -0.130. The van der Waals surface area contributed by atoms with Gasteiger partial charge in [-0.05, 0) is 37.5 Å². The Morgan fingerprint density at radius 2 is 2.10 bits per heavy atom. The standard InChI is InChI=1S/C14H19BrN2O2.ClH/c1-10(11-3-2-4-12(15)9-11)17-13(18)14(16)5-7-19-8-6-14;/h2-4,9-10H,5-8,16H2,1H3,(H,17,18);1H. The molecule has 3 N–H and O–H groups in total. The number of nitrogens with one attached hydrogen (secondary N) is 1. The second-order valence-electron chi connectivity index (χ2n) is 5.02. The molecule has 4 nitrogen and oxygen atoms in total. The molecule has 1 amide bonds. The number of nitrogens with two attached hydrogens (primary N) is 1. The highest BCUT2D eigenvalue weighted by Crippen LogP contribution is 2.21. The SMILES string of the molecule is CC(NC(=O)C1(N)CCOCC1)c1cccc(Br)c1.Cl. The Hall–Kier alpha value is -0.620. The smallest absolute Gasteiger partial charge is 0.240 e. The Morgan fingerprint density at radius 1 is 1.45 bits per heavy atom. The number of carbonyl (C=O) groups is 1. The third-order valence-corrected chi connectivity index (χ3v) is 4.03. The van der Waals surface area contributed by atoms with E-state index >= 15 is 0 Å². The first-order valence-electron chi connectivity index (χ1n) is 6.44. The van der Waals surface area contributed by atoms with Crippen LogP contribution in [0.4, 0.5) is 0 Å². The molecule has 0 bridgehead atoms. The zero-order valence-electron chi connectivity index (χ0n) is 11.4. The van der Waals surface area contributed by atoms with E-state index in [1.165, 1.54) is 0 Å². The molecule has 1 heterocycles. The minimum absolute atomic E-state index is 0. The Bertz CT molecular complexity index is 464. The lowest BCUT2D eigenvalue weighted by Crippen LogP contribution is -2.57. The molecule has 0 radical (unpaired) electrons. The summed E-state index contributed by atoms with van der Waals surface area (Å²) in [6, 6.07) is 7.84. The summed E-state index contributed by atoms with van der Waals surface area (Å²) >= 11 is 3.43. The third-order valence-electron chi connectivity index (χ3n) is 3.53. The van der Waals surface area contributed by atoms with Crippen molar-refractivity contribution in [3.8, 4) is 0 Å². The van der Waals surface area contributed by atoms with Crippen LogP contribution in [0.15, 0.2) is 28.7 Å². The van der Waals surface area contributed by atoms with E-state index in [0.717, 1.165) is 10.0 Å². The van der Waals surface area contributed by atoms with Crippen molar-refractivity contribution >= 4 is 34.2 Å². The van der Waals surface area contributed by atoms with Crippen molar-refractivity contribution < 1.29 is 9.53 Å². The summed E-state index contributed by atoms with van der Waals surface area (Å²) in [5, 5.41) is 2.99. The molecule has 1 saturated heterocycles. The van der Waals surface area contributed by atoms with Gasteiger partial charge in [0.15, 0.2) is 0 Å². The molecule has 0 aliphatic carbocycles. The number of ether oxygens (including phenoxy) is 1. The molecule has 1 aromatic carbocycles. The van der Waals surface area contributed by atoms with Crippen molar-refractivity contribution in [2.24, 2.45) is 5.73 Å². The largest absolute Gasteiger partial charge is 0.381 e. The Labute approximate surface area is 134 Å². The minimum atomic E-state index is -0.793. The van der Waals surface area contributed by atoms with E-state index in [2.05, 4.69) is 21.2 Å². The molecule has 2 rings (SSSR count). The van der Waals surface area contributed by atoms with Crippen molar-refractivity contribution in [2.45, 2.75) is 31.3 Å². The van der Waals surface area contributed by atoms with Crippen molar-refractivity contribution in [1.82, 2.24) is 5.32 Å². The van der Waals surface area contributed by atoms with Crippen LogP contribution in [-0.2, 0) is 9.53 Å².